The molecular formula is C14H18ClN3O4S. The molecule has 0 radical (unpaired) electrons. The van der Waals surface area contributed by atoms with E-state index in [0.29, 0.717) is 56.5 Å². The maximum absolute atomic E-state index is 12.3. The molecule has 1 atom stereocenters. The Morgan fingerprint density at radius 1 is 1.30 bits per heavy atom. The first-order valence-electron chi connectivity index (χ1n) is 7.67. The Kier molecular flexibility index (Phi) is 3.48. The minimum absolute atomic E-state index is 0.0596. The SMILES string of the molecule is CS(=O)(=O)C1(c2nc(Cl)nc3c2OCC[C@H]2COCCN32)CC1. The van der Waals surface area contributed by atoms with Crippen molar-refractivity contribution in [2.24, 2.45) is 0 Å². The second-order valence-corrected chi connectivity index (χ2v) is 8.98. The van der Waals surface area contributed by atoms with Gasteiger partial charge in [-0.3, -0.25) is 0 Å². The van der Waals surface area contributed by atoms with Gasteiger partial charge in [-0.25, -0.2) is 13.4 Å². The monoisotopic (exact) mass is 359 g/mol. The maximum Gasteiger partial charge on any atom is 0.224 e. The summed E-state index contributed by atoms with van der Waals surface area (Å²) in [5.41, 5.74) is 0.419. The molecule has 4 rings (SSSR count). The lowest BCUT2D eigenvalue weighted by atomic mass is 10.1. The molecule has 23 heavy (non-hydrogen) atoms. The first-order valence-corrected chi connectivity index (χ1v) is 9.94. The van der Waals surface area contributed by atoms with Crippen LogP contribution < -0.4 is 9.64 Å². The van der Waals surface area contributed by atoms with Gasteiger partial charge < -0.3 is 14.4 Å². The lowest BCUT2D eigenvalue weighted by molar-refractivity contribution is 0.0894. The fourth-order valence-corrected chi connectivity index (χ4v) is 4.91. The molecule has 1 saturated heterocycles. The van der Waals surface area contributed by atoms with Crippen LogP contribution in [0.4, 0.5) is 5.82 Å². The molecule has 0 amide bonds. The van der Waals surface area contributed by atoms with E-state index in [1.807, 2.05) is 0 Å². The summed E-state index contributed by atoms with van der Waals surface area (Å²) < 4.78 is 35.0. The molecule has 126 valence electrons. The second kappa shape index (κ2) is 5.19. The summed E-state index contributed by atoms with van der Waals surface area (Å²) in [7, 11) is -3.31. The number of morpholine rings is 1. The molecule has 0 bridgehead atoms. The quantitative estimate of drug-likeness (QED) is 0.732. The highest BCUT2D eigenvalue weighted by molar-refractivity contribution is 7.92. The molecule has 1 aliphatic carbocycles. The molecule has 2 fully saturated rings. The van der Waals surface area contributed by atoms with Crippen molar-refractivity contribution in [2.75, 3.05) is 37.5 Å². The smallest absolute Gasteiger partial charge is 0.224 e. The summed E-state index contributed by atoms with van der Waals surface area (Å²) in [5, 5.41) is 0.0596. The number of rotatable bonds is 2. The van der Waals surface area contributed by atoms with Gasteiger partial charge in [-0.15, -0.1) is 0 Å². The van der Waals surface area contributed by atoms with E-state index in [9.17, 15) is 8.42 Å². The third-order valence-electron chi connectivity index (χ3n) is 4.86. The number of hydrogen-bond donors (Lipinski definition) is 0. The van der Waals surface area contributed by atoms with Crippen LogP contribution in [-0.4, -0.2) is 57.0 Å². The Morgan fingerprint density at radius 2 is 2.09 bits per heavy atom. The van der Waals surface area contributed by atoms with Crippen LogP contribution in [0, 0.1) is 0 Å². The molecule has 3 aliphatic rings. The standard InChI is InChI=1S/C14H18ClN3O4S/c1-23(19,20)14(3-4-14)11-10-12(17-13(15)16-11)18-5-7-21-8-9(18)2-6-22-10/h9H,2-8H2,1H3/t9-/m0/s1. The highest BCUT2D eigenvalue weighted by Gasteiger charge is 2.57. The van der Waals surface area contributed by atoms with Crippen molar-refractivity contribution in [3.05, 3.63) is 11.0 Å². The molecule has 0 N–H and O–H groups in total. The largest absolute Gasteiger partial charge is 0.488 e. The van der Waals surface area contributed by atoms with Gasteiger partial charge in [-0.1, -0.05) is 0 Å². The summed E-state index contributed by atoms with van der Waals surface area (Å²) >= 11 is 6.12. The molecule has 1 aromatic rings. The average Bonchev–Trinajstić information content (AvgIpc) is 3.30. The van der Waals surface area contributed by atoms with Crippen molar-refractivity contribution in [3.8, 4) is 5.75 Å². The van der Waals surface area contributed by atoms with E-state index in [0.717, 1.165) is 6.42 Å². The third kappa shape index (κ3) is 2.38. The van der Waals surface area contributed by atoms with Crippen LogP contribution in [0.2, 0.25) is 5.28 Å². The summed E-state index contributed by atoms with van der Waals surface area (Å²) in [5.74, 6) is 1.07. The topological polar surface area (TPSA) is 81.6 Å². The van der Waals surface area contributed by atoms with Gasteiger partial charge in [0.05, 0.1) is 25.9 Å². The van der Waals surface area contributed by atoms with Crippen LogP contribution in [0.3, 0.4) is 0 Å². The number of halogens is 1. The molecule has 0 spiro atoms. The Morgan fingerprint density at radius 3 is 2.78 bits per heavy atom. The highest BCUT2D eigenvalue weighted by Crippen LogP contribution is 2.56. The van der Waals surface area contributed by atoms with Crippen molar-refractivity contribution in [1.29, 1.82) is 0 Å². The summed E-state index contributed by atoms with van der Waals surface area (Å²) in [4.78, 5) is 10.7. The van der Waals surface area contributed by atoms with Crippen molar-refractivity contribution in [1.82, 2.24) is 9.97 Å². The van der Waals surface area contributed by atoms with Gasteiger partial charge >= 0.3 is 0 Å². The van der Waals surface area contributed by atoms with Crippen molar-refractivity contribution < 1.29 is 17.9 Å². The fourth-order valence-electron chi connectivity index (χ4n) is 3.42. The van der Waals surface area contributed by atoms with Gasteiger partial charge in [-0.2, -0.15) is 4.98 Å². The van der Waals surface area contributed by atoms with Crippen LogP contribution in [0.15, 0.2) is 0 Å². The Labute approximate surface area is 139 Å². The highest BCUT2D eigenvalue weighted by atomic mass is 35.5. The molecule has 1 aromatic heterocycles. The zero-order chi connectivity index (χ0) is 16.2. The van der Waals surface area contributed by atoms with E-state index >= 15 is 0 Å². The van der Waals surface area contributed by atoms with Crippen molar-refractivity contribution >= 4 is 27.3 Å². The van der Waals surface area contributed by atoms with Gasteiger partial charge in [-0.05, 0) is 24.4 Å². The molecule has 0 unspecified atom stereocenters. The predicted molar refractivity (Wildman–Crippen MR) is 84.9 cm³/mol. The number of fused-ring (bicyclic) bond motifs is 3. The predicted octanol–water partition coefficient (Wildman–Crippen LogP) is 1.15. The van der Waals surface area contributed by atoms with Crippen LogP contribution in [0.25, 0.3) is 0 Å². The fraction of sp³-hybridized carbons (Fsp3) is 0.714. The van der Waals surface area contributed by atoms with Crippen LogP contribution in [0.1, 0.15) is 25.0 Å². The van der Waals surface area contributed by atoms with Gasteiger partial charge in [0.1, 0.15) is 10.4 Å². The van der Waals surface area contributed by atoms with E-state index in [1.54, 1.807) is 0 Å². The minimum Gasteiger partial charge on any atom is -0.488 e. The lowest BCUT2D eigenvalue weighted by Gasteiger charge is -2.35. The van der Waals surface area contributed by atoms with Crippen molar-refractivity contribution in [3.63, 3.8) is 0 Å². The maximum atomic E-state index is 12.3. The molecule has 1 saturated carbocycles. The Hall–Kier alpha value is -1.12. The summed E-state index contributed by atoms with van der Waals surface area (Å²) in [6.07, 6.45) is 3.12. The van der Waals surface area contributed by atoms with E-state index in [2.05, 4.69) is 14.9 Å². The second-order valence-electron chi connectivity index (χ2n) is 6.32. The zero-order valence-electron chi connectivity index (χ0n) is 12.8. The summed E-state index contributed by atoms with van der Waals surface area (Å²) in [6.45, 7) is 2.37. The van der Waals surface area contributed by atoms with Crippen LogP contribution in [-0.2, 0) is 19.3 Å². The number of ether oxygens (including phenoxy) is 2. The number of nitrogens with zero attached hydrogens (tertiary/aromatic N) is 3. The van der Waals surface area contributed by atoms with E-state index < -0.39 is 14.6 Å². The van der Waals surface area contributed by atoms with E-state index in [-0.39, 0.29) is 11.3 Å². The number of anilines is 1. The van der Waals surface area contributed by atoms with E-state index in [1.165, 1.54) is 6.26 Å². The lowest BCUT2D eigenvalue weighted by Crippen LogP contribution is -2.45. The molecular weight excluding hydrogens is 342 g/mol. The first kappa shape index (κ1) is 15.4. The molecule has 3 heterocycles. The van der Waals surface area contributed by atoms with Crippen molar-refractivity contribution in [2.45, 2.75) is 30.1 Å². The number of sulfone groups is 1. The zero-order valence-corrected chi connectivity index (χ0v) is 14.4. The van der Waals surface area contributed by atoms with Gasteiger partial charge in [0.15, 0.2) is 21.4 Å². The number of aromatic nitrogens is 2. The third-order valence-corrected chi connectivity index (χ3v) is 7.05. The van der Waals surface area contributed by atoms with Gasteiger partial charge in [0, 0.05) is 19.2 Å². The Bertz CT molecular complexity index is 751. The first-order chi connectivity index (χ1) is 10.9. The van der Waals surface area contributed by atoms with Gasteiger partial charge in [0.25, 0.3) is 0 Å². The molecule has 2 aliphatic heterocycles. The summed E-state index contributed by atoms with van der Waals surface area (Å²) in [6, 6.07) is 0.164. The van der Waals surface area contributed by atoms with Crippen LogP contribution >= 0.6 is 11.6 Å². The number of hydrogen-bond acceptors (Lipinski definition) is 7. The molecule has 0 aromatic carbocycles. The molecule has 7 nitrogen and oxygen atoms in total. The minimum atomic E-state index is -3.31. The average molecular weight is 360 g/mol. The van der Waals surface area contributed by atoms with E-state index in [4.69, 9.17) is 21.1 Å². The Balaban J connectivity index is 1.89. The molecule has 9 heteroatoms. The normalized spacial score (nSPS) is 25.8. The van der Waals surface area contributed by atoms with Gasteiger partial charge in [0.2, 0.25) is 5.28 Å². The van der Waals surface area contributed by atoms with Crippen LogP contribution in [0.5, 0.6) is 5.75 Å².